The number of likely N-dealkylation sites (tertiary alicyclic amines) is 1. The summed E-state index contributed by atoms with van der Waals surface area (Å²) in [6.45, 7) is 4.27. The number of carbonyl (C=O) groups excluding carboxylic acids is 1. The Kier molecular flexibility index (Phi) is 6.56. The van der Waals surface area contributed by atoms with E-state index >= 15 is 0 Å². The number of rotatable bonds is 6. The highest BCUT2D eigenvalue weighted by Crippen LogP contribution is 2.50. The minimum Gasteiger partial charge on any atom is -0.462 e. The van der Waals surface area contributed by atoms with Crippen LogP contribution in [0.15, 0.2) is 36.9 Å². The zero-order valence-corrected chi connectivity index (χ0v) is 24.2. The monoisotopic (exact) mass is 575 g/mol. The number of ether oxygens (including phenoxy) is 1. The molecule has 1 amide bonds. The molecule has 214 valence electrons. The Morgan fingerprint density at radius 1 is 1.34 bits per heavy atom. The lowest BCUT2D eigenvalue weighted by atomic mass is 9.70. The summed E-state index contributed by atoms with van der Waals surface area (Å²) in [4.78, 5) is 28.6. The Balaban J connectivity index is 1.39. The highest BCUT2D eigenvalue weighted by Gasteiger charge is 2.43. The first kappa shape index (κ1) is 24.2. The first-order valence-electron chi connectivity index (χ1n) is 15.8. The van der Waals surface area contributed by atoms with E-state index in [1.54, 1.807) is 11.0 Å². The van der Waals surface area contributed by atoms with Crippen molar-refractivity contribution in [2.75, 3.05) is 44.7 Å². The van der Waals surface area contributed by atoms with Gasteiger partial charge in [0.05, 0.1) is 24.2 Å². The number of allylic oxidation sites excluding steroid dienone is 2. The van der Waals surface area contributed by atoms with Gasteiger partial charge in [0.15, 0.2) is 0 Å². The lowest BCUT2D eigenvalue weighted by molar-refractivity contribution is -0.128. The molecule has 3 heterocycles. The van der Waals surface area contributed by atoms with Crippen molar-refractivity contribution in [2.24, 2.45) is 0 Å². The molecule has 0 saturated carbocycles. The number of nitrogens with zero attached hydrogens (tertiary/aromatic N) is 6. The number of likely N-dealkylation sites (N-methyl/N-ethyl adjacent to an activating group) is 1. The van der Waals surface area contributed by atoms with E-state index in [0.29, 0.717) is 67.7 Å². The van der Waals surface area contributed by atoms with Crippen molar-refractivity contribution in [3.05, 3.63) is 64.3 Å². The summed E-state index contributed by atoms with van der Waals surface area (Å²) in [6.07, 6.45) is 7.35. The largest absolute Gasteiger partial charge is 0.462 e. The van der Waals surface area contributed by atoms with E-state index in [1.165, 1.54) is 6.08 Å². The molecule has 8 nitrogen and oxygen atoms in total. The molecule has 3 atom stereocenters. The lowest BCUT2D eigenvalue weighted by Gasteiger charge is -2.42. The van der Waals surface area contributed by atoms with Gasteiger partial charge in [-0.3, -0.25) is 4.79 Å². The predicted octanol–water partition coefficient (Wildman–Crippen LogP) is 4.56. The minimum atomic E-state index is -2.31. The van der Waals surface area contributed by atoms with Crippen LogP contribution in [0.3, 0.4) is 0 Å². The van der Waals surface area contributed by atoms with Crippen molar-refractivity contribution in [3.8, 4) is 12.1 Å². The molecule has 0 radical (unpaired) electrons. The van der Waals surface area contributed by atoms with Crippen molar-refractivity contribution in [2.45, 2.75) is 62.9 Å². The van der Waals surface area contributed by atoms with Crippen LogP contribution in [0.25, 0.3) is 5.57 Å². The van der Waals surface area contributed by atoms with Crippen molar-refractivity contribution in [1.29, 1.82) is 5.26 Å². The van der Waals surface area contributed by atoms with Gasteiger partial charge in [0.1, 0.15) is 12.4 Å². The van der Waals surface area contributed by atoms with E-state index in [0.717, 1.165) is 42.0 Å². The SMILES string of the molecule is [2H]C([2H])([2H])C1=C[C@@]2(CCc3c(nc(OC[C@@H]4CCCN4C)nc3N3CCN(C(=O)C=C)[C@@H](CC#N)C3)C2)c2cccc(Cl)c21. The number of nitriles is 1. The van der Waals surface area contributed by atoms with Gasteiger partial charge in [-0.15, -0.1) is 0 Å². The van der Waals surface area contributed by atoms with Gasteiger partial charge in [0.25, 0.3) is 0 Å². The van der Waals surface area contributed by atoms with Crippen LogP contribution in [0, 0.1) is 11.3 Å². The Hall–Kier alpha value is -3.41. The average molecular weight is 576 g/mol. The zero-order valence-electron chi connectivity index (χ0n) is 26.4. The molecule has 1 aromatic carbocycles. The van der Waals surface area contributed by atoms with E-state index in [1.807, 2.05) is 18.2 Å². The molecular weight excluding hydrogens is 536 g/mol. The van der Waals surface area contributed by atoms with Crippen LogP contribution in [0.5, 0.6) is 6.01 Å². The van der Waals surface area contributed by atoms with Crippen molar-refractivity contribution in [1.82, 2.24) is 19.8 Å². The van der Waals surface area contributed by atoms with Crippen molar-refractivity contribution < 1.29 is 13.6 Å². The predicted molar refractivity (Wildman–Crippen MR) is 160 cm³/mol. The molecule has 1 spiro atoms. The van der Waals surface area contributed by atoms with Crippen LogP contribution in [-0.2, 0) is 23.1 Å². The first-order chi connectivity index (χ1) is 21.0. The number of benzene rings is 1. The maximum Gasteiger partial charge on any atom is 0.318 e. The number of piperazine rings is 1. The van der Waals surface area contributed by atoms with Gasteiger partial charge in [-0.1, -0.05) is 36.4 Å². The van der Waals surface area contributed by atoms with E-state index in [4.69, 9.17) is 30.4 Å². The standard InChI is InChI=1S/C32H37ClN6O2/c1-4-28(40)39-16-15-38(19-22(39)11-13-34)30-24-10-12-32(17-21(2)29-25(32)8-5-9-26(29)33)18-27(24)35-31(36-30)41-20-23-7-6-14-37(23)3/h4-5,8-9,17,22-23H,1,6-7,10-12,14-16,18-20H2,2-3H3/t22-,23-,32+/m0/s1/i2D3. The maximum absolute atomic E-state index is 12.6. The molecule has 9 heteroatoms. The van der Waals surface area contributed by atoms with Gasteiger partial charge in [0.2, 0.25) is 5.91 Å². The molecule has 41 heavy (non-hydrogen) atoms. The molecule has 2 aromatic rings. The Labute approximate surface area is 251 Å². The third kappa shape index (κ3) is 5.00. The molecule has 2 aliphatic carbocycles. The smallest absolute Gasteiger partial charge is 0.318 e. The molecule has 2 fully saturated rings. The molecule has 6 rings (SSSR count). The number of aromatic nitrogens is 2. The highest BCUT2D eigenvalue weighted by molar-refractivity contribution is 6.32. The van der Waals surface area contributed by atoms with Gasteiger partial charge in [-0.2, -0.15) is 15.2 Å². The molecule has 1 aromatic heterocycles. The fourth-order valence-corrected chi connectivity index (χ4v) is 7.32. The van der Waals surface area contributed by atoms with E-state index < -0.39 is 12.3 Å². The van der Waals surface area contributed by atoms with Gasteiger partial charge in [-0.25, -0.2) is 0 Å². The van der Waals surface area contributed by atoms with E-state index in [-0.39, 0.29) is 24.4 Å². The summed E-state index contributed by atoms with van der Waals surface area (Å²) < 4.78 is 31.1. The van der Waals surface area contributed by atoms with Crippen LogP contribution in [0.2, 0.25) is 5.02 Å². The Morgan fingerprint density at radius 3 is 2.98 bits per heavy atom. The lowest BCUT2D eigenvalue weighted by Crippen LogP contribution is -2.55. The molecule has 0 N–H and O–H groups in total. The molecule has 0 unspecified atom stereocenters. The summed E-state index contributed by atoms with van der Waals surface area (Å²) in [6, 6.07) is 8.12. The second kappa shape index (κ2) is 11.1. The molecule has 2 aliphatic heterocycles. The van der Waals surface area contributed by atoms with Crippen LogP contribution in [0.1, 0.15) is 59.0 Å². The Morgan fingerprint density at radius 2 is 2.22 bits per heavy atom. The van der Waals surface area contributed by atoms with E-state index in [2.05, 4.69) is 29.5 Å². The number of hydrogen-bond donors (Lipinski definition) is 0. The van der Waals surface area contributed by atoms with Crippen LogP contribution >= 0.6 is 11.6 Å². The van der Waals surface area contributed by atoms with Gasteiger partial charge in [0, 0.05) is 52.2 Å². The highest BCUT2D eigenvalue weighted by atomic mass is 35.5. The van der Waals surface area contributed by atoms with E-state index in [9.17, 15) is 10.1 Å². The summed E-state index contributed by atoms with van der Waals surface area (Å²) in [5.74, 6) is 0.578. The van der Waals surface area contributed by atoms with Crippen LogP contribution in [0.4, 0.5) is 5.82 Å². The molecule has 2 saturated heterocycles. The second-order valence-electron chi connectivity index (χ2n) is 11.6. The number of carbonyl (C=O) groups is 1. The number of anilines is 1. The van der Waals surface area contributed by atoms with Gasteiger partial charge < -0.3 is 19.4 Å². The van der Waals surface area contributed by atoms with Crippen molar-refractivity contribution in [3.63, 3.8) is 0 Å². The van der Waals surface area contributed by atoms with Crippen LogP contribution < -0.4 is 9.64 Å². The number of fused-ring (bicyclic) bond motifs is 3. The third-order valence-corrected chi connectivity index (χ3v) is 9.55. The fraction of sp³-hybridized carbons (Fsp3) is 0.500. The first-order valence-corrected chi connectivity index (χ1v) is 14.7. The summed E-state index contributed by atoms with van der Waals surface area (Å²) >= 11 is 6.62. The Bertz CT molecular complexity index is 1560. The third-order valence-electron chi connectivity index (χ3n) is 9.24. The minimum absolute atomic E-state index is 0.184. The fourth-order valence-electron chi connectivity index (χ4n) is 7.05. The number of halogens is 1. The topological polar surface area (TPSA) is 85.6 Å². The normalized spacial score (nSPS) is 26.9. The summed E-state index contributed by atoms with van der Waals surface area (Å²) in [5, 5.41) is 9.98. The molecule has 4 aliphatic rings. The van der Waals surface area contributed by atoms with Gasteiger partial charge >= 0.3 is 6.01 Å². The number of hydrogen-bond acceptors (Lipinski definition) is 7. The zero-order chi connectivity index (χ0) is 31.2. The molecular formula is C32H37ClN6O2. The number of amides is 1. The average Bonchev–Trinajstić information content (AvgIpc) is 3.56. The maximum atomic E-state index is 12.6. The van der Waals surface area contributed by atoms with Crippen LogP contribution in [-0.4, -0.2) is 77.6 Å². The van der Waals surface area contributed by atoms with Gasteiger partial charge in [-0.05, 0) is 75.0 Å². The summed E-state index contributed by atoms with van der Waals surface area (Å²) in [7, 11) is 2.10. The van der Waals surface area contributed by atoms with Crippen molar-refractivity contribution >= 4 is 28.9 Å². The quantitative estimate of drug-likeness (QED) is 0.467. The molecule has 0 bridgehead atoms. The summed E-state index contributed by atoms with van der Waals surface area (Å²) in [5.41, 5.74) is 3.08. The second-order valence-corrected chi connectivity index (χ2v) is 12.0.